The van der Waals surface area contributed by atoms with E-state index in [-0.39, 0.29) is 18.2 Å². The molecule has 3 fully saturated rings. The van der Waals surface area contributed by atoms with Gasteiger partial charge in [0, 0.05) is 4.43 Å². The smallest absolute Gasteiger partial charge is 0.416 e. The zero-order valence-corrected chi connectivity index (χ0v) is 16.0. The van der Waals surface area contributed by atoms with Gasteiger partial charge in [-0.1, -0.05) is 34.7 Å². The highest BCUT2D eigenvalue weighted by molar-refractivity contribution is 14.1. The number of benzene rings is 1. The Kier molecular flexibility index (Phi) is 5.09. The van der Waals surface area contributed by atoms with Crippen LogP contribution >= 0.6 is 22.6 Å². The molecule has 0 spiro atoms. The number of esters is 1. The van der Waals surface area contributed by atoms with Gasteiger partial charge in [-0.2, -0.15) is 13.2 Å². The summed E-state index contributed by atoms with van der Waals surface area (Å²) >= 11 is 2.28. The number of fused-ring (bicyclic) bond motifs is 3. The van der Waals surface area contributed by atoms with Crippen molar-refractivity contribution in [2.75, 3.05) is 11.0 Å². The molecule has 2 aliphatic heterocycles. The van der Waals surface area contributed by atoms with Crippen molar-refractivity contribution in [2.45, 2.75) is 50.5 Å². The highest BCUT2D eigenvalue weighted by atomic mass is 127. The van der Waals surface area contributed by atoms with Crippen LogP contribution in [0.4, 0.5) is 13.2 Å². The molecule has 3 aliphatic rings. The van der Waals surface area contributed by atoms with Gasteiger partial charge in [0.25, 0.3) is 0 Å². The van der Waals surface area contributed by atoms with E-state index in [1.165, 1.54) is 12.1 Å². The van der Waals surface area contributed by atoms with Crippen molar-refractivity contribution in [1.29, 1.82) is 0 Å². The summed E-state index contributed by atoms with van der Waals surface area (Å²) in [6, 6.07) is 4.96. The maximum absolute atomic E-state index is 12.8. The van der Waals surface area contributed by atoms with Crippen LogP contribution in [0, 0.1) is 5.41 Å². The van der Waals surface area contributed by atoms with Crippen LogP contribution in [0.15, 0.2) is 24.3 Å². The van der Waals surface area contributed by atoms with Crippen LogP contribution in [-0.4, -0.2) is 22.6 Å². The van der Waals surface area contributed by atoms with Gasteiger partial charge in [-0.15, -0.1) is 0 Å². The van der Waals surface area contributed by atoms with E-state index in [2.05, 4.69) is 22.6 Å². The van der Waals surface area contributed by atoms with Crippen LogP contribution in [-0.2, 0) is 20.4 Å². The molecule has 3 nitrogen and oxygen atoms in total. The van der Waals surface area contributed by atoms with E-state index in [0.717, 1.165) is 29.4 Å². The molecule has 0 N–H and O–H groups in total. The highest BCUT2D eigenvalue weighted by Gasteiger charge is 2.60. The first-order valence-corrected chi connectivity index (χ1v) is 9.87. The molecular formula is C18H20F3IO3. The quantitative estimate of drug-likeness (QED) is 0.352. The van der Waals surface area contributed by atoms with Gasteiger partial charge in [-0.25, -0.2) is 0 Å². The molecule has 0 aromatic heterocycles. The maximum Gasteiger partial charge on any atom is 0.416 e. The first-order chi connectivity index (χ1) is 11.8. The first-order valence-electron chi connectivity index (χ1n) is 8.34. The molecule has 1 unspecified atom stereocenters. The van der Waals surface area contributed by atoms with Crippen LogP contribution in [0.3, 0.4) is 0 Å². The van der Waals surface area contributed by atoms with Crippen LogP contribution in [0.2, 0.25) is 0 Å². The zero-order chi connectivity index (χ0) is 18.3. The fourth-order valence-electron chi connectivity index (χ4n) is 3.88. The maximum atomic E-state index is 12.8. The molecule has 1 saturated carbocycles. The Morgan fingerprint density at radius 1 is 1.24 bits per heavy atom. The van der Waals surface area contributed by atoms with Crippen LogP contribution in [0.1, 0.15) is 49.8 Å². The van der Waals surface area contributed by atoms with Crippen LogP contribution < -0.4 is 0 Å². The first kappa shape index (κ1) is 18.9. The largest absolute Gasteiger partial charge is 0.465 e. The third-order valence-corrected chi connectivity index (χ3v) is 6.78. The van der Waals surface area contributed by atoms with Crippen molar-refractivity contribution >= 4 is 28.6 Å². The van der Waals surface area contributed by atoms with Crippen molar-refractivity contribution < 1.29 is 27.4 Å². The second-order valence-corrected chi connectivity index (χ2v) is 7.57. The van der Waals surface area contributed by atoms with Crippen LogP contribution in [0.5, 0.6) is 0 Å². The molecule has 2 heterocycles. The number of hydrogen-bond acceptors (Lipinski definition) is 3. The fourth-order valence-corrected chi connectivity index (χ4v) is 4.82. The number of carbonyl (C=O) groups excluding carboxylic acids is 1. The molecule has 0 amide bonds. The minimum atomic E-state index is -4.38. The Balaban J connectivity index is 1.97. The molecule has 0 radical (unpaired) electrons. The van der Waals surface area contributed by atoms with E-state index in [4.69, 9.17) is 9.47 Å². The van der Waals surface area contributed by atoms with Gasteiger partial charge in [0.15, 0.2) is 0 Å². The summed E-state index contributed by atoms with van der Waals surface area (Å²) in [7, 11) is 0. The van der Waals surface area contributed by atoms with Crippen molar-refractivity contribution in [3.8, 4) is 0 Å². The standard InChI is InChI=1S/C18H20F3IO3/c1-2-24-15(23)17-9-7-16(11-22,8-10-17)25-14(17)12-3-5-13(6-4-12)18(19,20)21/h3-6,14H,2,7-11H2,1H3. The molecule has 2 saturated heterocycles. The lowest BCUT2D eigenvalue weighted by Gasteiger charge is -2.55. The van der Waals surface area contributed by atoms with Gasteiger partial charge in [-0.3, -0.25) is 4.79 Å². The Morgan fingerprint density at radius 3 is 2.32 bits per heavy atom. The van der Waals surface area contributed by atoms with Gasteiger partial charge >= 0.3 is 12.1 Å². The molecule has 7 heteroatoms. The molecule has 1 atom stereocenters. The van der Waals surface area contributed by atoms with Gasteiger partial charge in [-0.05, 0) is 50.3 Å². The Morgan fingerprint density at radius 2 is 1.84 bits per heavy atom. The predicted molar refractivity (Wildman–Crippen MR) is 94.4 cm³/mol. The van der Waals surface area contributed by atoms with E-state index in [0.29, 0.717) is 18.4 Å². The topological polar surface area (TPSA) is 35.5 Å². The number of carbonyl (C=O) groups is 1. The van der Waals surface area contributed by atoms with Crippen molar-refractivity contribution in [3.63, 3.8) is 0 Å². The van der Waals surface area contributed by atoms with Crippen LogP contribution in [0.25, 0.3) is 0 Å². The lowest BCUT2D eigenvalue weighted by Crippen LogP contribution is -2.57. The molecule has 2 bridgehead atoms. The van der Waals surface area contributed by atoms with Gasteiger partial charge in [0.1, 0.15) is 0 Å². The SMILES string of the molecule is CCOC(=O)C12CCC(CI)(CC1)OC2c1ccc(C(F)(F)F)cc1. The normalized spacial score (nSPS) is 31.8. The van der Waals surface area contributed by atoms with Crippen molar-refractivity contribution in [3.05, 3.63) is 35.4 Å². The summed E-state index contributed by atoms with van der Waals surface area (Å²) in [4.78, 5) is 12.7. The molecule has 1 aromatic carbocycles. The summed E-state index contributed by atoms with van der Waals surface area (Å²) in [6.07, 6.45) is -2.13. The summed E-state index contributed by atoms with van der Waals surface area (Å²) in [5.41, 5.74) is -1.20. The average Bonchev–Trinajstić information content (AvgIpc) is 2.62. The van der Waals surface area contributed by atoms with Crippen molar-refractivity contribution in [1.82, 2.24) is 0 Å². The number of alkyl halides is 4. The van der Waals surface area contributed by atoms with Crippen molar-refractivity contribution in [2.24, 2.45) is 5.41 Å². The zero-order valence-electron chi connectivity index (χ0n) is 13.9. The van der Waals surface area contributed by atoms with E-state index in [1.54, 1.807) is 6.92 Å². The molecule has 1 aliphatic carbocycles. The van der Waals surface area contributed by atoms with E-state index in [9.17, 15) is 18.0 Å². The molecule has 138 valence electrons. The summed E-state index contributed by atoms with van der Waals surface area (Å²) in [5, 5.41) is 0. The average molecular weight is 468 g/mol. The third kappa shape index (κ3) is 3.29. The van der Waals surface area contributed by atoms with Gasteiger partial charge in [0.05, 0.1) is 29.3 Å². The lowest BCUT2D eigenvalue weighted by molar-refractivity contribution is -0.235. The number of rotatable bonds is 4. The number of halogens is 4. The highest BCUT2D eigenvalue weighted by Crippen LogP contribution is 2.59. The second kappa shape index (κ2) is 6.72. The molecular weight excluding hydrogens is 448 g/mol. The van der Waals surface area contributed by atoms with E-state index >= 15 is 0 Å². The second-order valence-electron chi connectivity index (χ2n) is 6.81. The fraction of sp³-hybridized carbons (Fsp3) is 0.611. The number of hydrogen-bond donors (Lipinski definition) is 0. The Bertz CT molecular complexity index is 634. The summed E-state index contributed by atoms with van der Waals surface area (Å²) in [6.45, 7) is 2.03. The minimum Gasteiger partial charge on any atom is -0.465 e. The molecule has 25 heavy (non-hydrogen) atoms. The predicted octanol–water partition coefficient (Wildman–Crippen LogP) is 5.07. The van der Waals surface area contributed by atoms with Gasteiger partial charge in [0.2, 0.25) is 0 Å². The van der Waals surface area contributed by atoms with E-state index < -0.39 is 23.3 Å². The monoisotopic (exact) mass is 468 g/mol. The lowest BCUT2D eigenvalue weighted by atomic mass is 9.61. The molecule has 4 rings (SSSR count). The summed E-state index contributed by atoms with van der Waals surface area (Å²) < 4.78 is 50.9. The minimum absolute atomic E-state index is 0.276. The van der Waals surface area contributed by atoms with E-state index in [1.807, 2.05) is 0 Å². The Labute approximate surface area is 158 Å². The third-order valence-electron chi connectivity index (χ3n) is 5.39. The Hall–Kier alpha value is -0.830. The molecule has 1 aromatic rings. The van der Waals surface area contributed by atoms with Gasteiger partial charge < -0.3 is 9.47 Å². The summed E-state index contributed by atoms with van der Waals surface area (Å²) in [5.74, 6) is -0.304. The number of ether oxygens (including phenoxy) is 2.